The Hall–Kier alpha value is -2.35. The van der Waals surface area contributed by atoms with E-state index < -0.39 is 0 Å². The first-order chi connectivity index (χ1) is 11.1. The number of allylic oxidation sites excluding steroid dienone is 2. The van der Waals surface area contributed by atoms with Crippen molar-refractivity contribution in [1.29, 1.82) is 0 Å². The number of piperidine rings is 1. The van der Waals surface area contributed by atoms with E-state index in [1.807, 2.05) is 5.38 Å². The molecule has 1 aliphatic heterocycles. The molecule has 8 heteroatoms. The van der Waals surface area contributed by atoms with Crippen molar-refractivity contribution in [3.8, 4) is 0 Å². The molecule has 1 unspecified atom stereocenters. The Labute approximate surface area is 138 Å². The lowest BCUT2D eigenvalue weighted by Crippen LogP contribution is -2.41. The highest BCUT2D eigenvalue weighted by Gasteiger charge is 2.24. The van der Waals surface area contributed by atoms with Crippen molar-refractivity contribution in [3.05, 3.63) is 28.5 Å². The summed E-state index contributed by atoms with van der Waals surface area (Å²) < 4.78 is 5.04. The molecule has 23 heavy (non-hydrogen) atoms. The number of nitrogens with one attached hydrogen (secondary N) is 2. The SMILES string of the molecule is CCOC(=O)C1CCC/C(=C(N)\C=C\c2csc(NC=O)n2)N1. The molecular formula is C15H20N4O3S. The first-order valence-electron chi connectivity index (χ1n) is 7.39. The number of esters is 1. The normalized spacial score (nSPS) is 20.0. The summed E-state index contributed by atoms with van der Waals surface area (Å²) in [4.78, 5) is 26.4. The smallest absolute Gasteiger partial charge is 0.328 e. The van der Waals surface area contributed by atoms with Crippen LogP contribution in [0.15, 0.2) is 22.9 Å². The molecule has 2 heterocycles. The van der Waals surface area contributed by atoms with Crippen LogP contribution in [0.5, 0.6) is 0 Å². The molecule has 1 aliphatic rings. The lowest BCUT2D eigenvalue weighted by Gasteiger charge is -2.26. The third-order valence-corrected chi connectivity index (χ3v) is 4.12. The Morgan fingerprint density at radius 3 is 3.22 bits per heavy atom. The molecule has 4 N–H and O–H groups in total. The zero-order valence-electron chi connectivity index (χ0n) is 12.9. The average Bonchev–Trinajstić information content (AvgIpc) is 3.01. The number of hydrogen-bond acceptors (Lipinski definition) is 7. The fourth-order valence-electron chi connectivity index (χ4n) is 2.24. The van der Waals surface area contributed by atoms with Crippen molar-refractivity contribution in [2.24, 2.45) is 5.73 Å². The van der Waals surface area contributed by atoms with Crippen molar-refractivity contribution in [2.75, 3.05) is 11.9 Å². The highest BCUT2D eigenvalue weighted by Crippen LogP contribution is 2.20. The number of hydrogen-bond donors (Lipinski definition) is 3. The molecule has 1 saturated heterocycles. The van der Waals surface area contributed by atoms with Gasteiger partial charge in [0.15, 0.2) is 5.13 Å². The fraction of sp³-hybridized carbons (Fsp3) is 0.400. The fourth-order valence-corrected chi connectivity index (χ4v) is 2.88. The second-order valence-electron chi connectivity index (χ2n) is 4.95. The van der Waals surface area contributed by atoms with Crippen LogP contribution in [0, 0.1) is 0 Å². The predicted octanol–water partition coefficient (Wildman–Crippen LogP) is 1.60. The van der Waals surface area contributed by atoms with E-state index in [2.05, 4.69) is 15.6 Å². The summed E-state index contributed by atoms with van der Waals surface area (Å²) in [6, 6.07) is -0.340. The molecule has 1 amide bonds. The van der Waals surface area contributed by atoms with E-state index in [-0.39, 0.29) is 12.0 Å². The van der Waals surface area contributed by atoms with Crippen molar-refractivity contribution in [3.63, 3.8) is 0 Å². The largest absolute Gasteiger partial charge is 0.464 e. The molecule has 0 saturated carbocycles. The van der Waals surface area contributed by atoms with Crippen LogP contribution in [-0.2, 0) is 14.3 Å². The van der Waals surface area contributed by atoms with Crippen molar-refractivity contribution in [1.82, 2.24) is 10.3 Å². The molecule has 1 aromatic heterocycles. The maximum absolute atomic E-state index is 11.8. The third-order valence-electron chi connectivity index (χ3n) is 3.33. The Kier molecular flexibility index (Phi) is 6.16. The monoisotopic (exact) mass is 336 g/mol. The Morgan fingerprint density at radius 2 is 2.48 bits per heavy atom. The first kappa shape index (κ1) is 17.0. The van der Waals surface area contributed by atoms with Crippen molar-refractivity contribution in [2.45, 2.75) is 32.2 Å². The quantitative estimate of drug-likeness (QED) is 0.538. The molecule has 0 spiro atoms. The molecule has 0 aliphatic carbocycles. The lowest BCUT2D eigenvalue weighted by molar-refractivity contribution is -0.145. The van der Waals surface area contributed by atoms with Crippen LogP contribution in [-0.4, -0.2) is 30.0 Å². The van der Waals surface area contributed by atoms with Gasteiger partial charge in [-0.1, -0.05) is 0 Å². The zero-order chi connectivity index (χ0) is 16.7. The maximum atomic E-state index is 11.8. The van der Waals surface area contributed by atoms with Crippen LogP contribution in [0.25, 0.3) is 6.08 Å². The summed E-state index contributed by atoms with van der Waals surface area (Å²) in [5.41, 5.74) is 8.20. The number of amides is 1. The zero-order valence-corrected chi connectivity index (χ0v) is 13.7. The lowest BCUT2D eigenvalue weighted by atomic mass is 10.0. The minimum atomic E-state index is -0.340. The van der Waals surface area contributed by atoms with Crippen LogP contribution in [0.3, 0.4) is 0 Å². The molecule has 1 atom stereocenters. The van der Waals surface area contributed by atoms with Gasteiger partial charge in [0.05, 0.1) is 18.0 Å². The van der Waals surface area contributed by atoms with E-state index in [9.17, 15) is 9.59 Å². The van der Waals surface area contributed by atoms with Gasteiger partial charge in [-0.05, 0) is 38.3 Å². The summed E-state index contributed by atoms with van der Waals surface area (Å²) in [5.74, 6) is -0.245. The highest BCUT2D eigenvalue weighted by atomic mass is 32.1. The number of thiazole rings is 1. The first-order valence-corrected chi connectivity index (χ1v) is 8.27. The third kappa shape index (κ3) is 4.82. The van der Waals surface area contributed by atoms with E-state index in [4.69, 9.17) is 10.5 Å². The van der Waals surface area contributed by atoms with E-state index in [1.165, 1.54) is 11.3 Å². The number of aromatic nitrogens is 1. The van der Waals surface area contributed by atoms with E-state index in [0.29, 0.717) is 29.5 Å². The van der Waals surface area contributed by atoms with Crippen LogP contribution in [0.1, 0.15) is 31.9 Å². The van der Waals surface area contributed by atoms with Gasteiger partial charge in [0.25, 0.3) is 0 Å². The number of anilines is 1. The van der Waals surface area contributed by atoms with Crippen LogP contribution in [0.2, 0.25) is 0 Å². The molecule has 2 rings (SSSR count). The van der Waals surface area contributed by atoms with Gasteiger partial charge >= 0.3 is 5.97 Å². The summed E-state index contributed by atoms with van der Waals surface area (Å²) in [7, 11) is 0. The molecular weight excluding hydrogens is 316 g/mol. The number of rotatable bonds is 6. The van der Waals surface area contributed by atoms with Gasteiger partial charge in [0, 0.05) is 11.1 Å². The number of nitrogens with zero attached hydrogens (tertiary/aromatic N) is 1. The van der Waals surface area contributed by atoms with Gasteiger partial charge in [0.1, 0.15) is 6.04 Å². The number of carbonyl (C=O) groups excluding carboxylic acids is 2. The van der Waals surface area contributed by atoms with Gasteiger partial charge < -0.3 is 21.1 Å². The number of ether oxygens (including phenoxy) is 1. The second-order valence-corrected chi connectivity index (χ2v) is 5.81. The van der Waals surface area contributed by atoms with Gasteiger partial charge in [-0.25, -0.2) is 9.78 Å². The second kappa shape index (κ2) is 8.33. The molecule has 0 bridgehead atoms. The molecule has 1 fully saturated rings. The van der Waals surface area contributed by atoms with Crippen LogP contribution >= 0.6 is 11.3 Å². The Bertz CT molecular complexity index is 624. The number of nitrogens with two attached hydrogens (primary N) is 1. The van der Waals surface area contributed by atoms with E-state index >= 15 is 0 Å². The van der Waals surface area contributed by atoms with Gasteiger partial charge in [-0.15, -0.1) is 11.3 Å². The summed E-state index contributed by atoms with van der Waals surface area (Å²) in [6.45, 7) is 2.16. The topological polar surface area (TPSA) is 106 Å². The Balaban J connectivity index is 2.02. The highest BCUT2D eigenvalue weighted by molar-refractivity contribution is 7.14. The van der Waals surface area contributed by atoms with Gasteiger partial charge in [0.2, 0.25) is 6.41 Å². The Morgan fingerprint density at radius 1 is 1.65 bits per heavy atom. The minimum Gasteiger partial charge on any atom is -0.464 e. The van der Waals surface area contributed by atoms with Crippen molar-refractivity contribution >= 4 is 34.9 Å². The van der Waals surface area contributed by atoms with Gasteiger partial charge in [-0.3, -0.25) is 4.79 Å². The molecule has 124 valence electrons. The molecule has 0 radical (unpaired) electrons. The minimum absolute atomic E-state index is 0.245. The average molecular weight is 336 g/mol. The van der Waals surface area contributed by atoms with Crippen LogP contribution in [0.4, 0.5) is 5.13 Å². The molecule has 7 nitrogen and oxygen atoms in total. The van der Waals surface area contributed by atoms with Gasteiger partial charge in [-0.2, -0.15) is 0 Å². The van der Waals surface area contributed by atoms with Crippen LogP contribution < -0.4 is 16.4 Å². The standard InChI is InChI=1S/C15H20N4O3S/c1-2-22-14(21)13-5-3-4-12(19-13)11(16)7-6-10-8-23-15(18-10)17-9-20/h6-9,13,19H,2-5,16H2,1H3,(H,17,18,20)/b7-6+,12-11-. The summed E-state index contributed by atoms with van der Waals surface area (Å²) in [6.07, 6.45) is 6.52. The molecule has 0 aromatic carbocycles. The van der Waals surface area contributed by atoms with E-state index in [0.717, 1.165) is 25.0 Å². The summed E-state index contributed by atoms with van der Waals surface area (Å²) in [5, 5.41) is 7.99. The van der Waals surface area contributed by atoms with Crippen molar-refractivity contribution < 1.29 is 14.3 Å². The summed E-state index contributed by atoms with van der Waals surface area (Å²) >= 11 is 1.33. The molecule has 1 aromatic rings. The number of carbonyl (C=O) groups is 2. The van der Waals surface area contributed by atoms with E-state index in [1.54, 1.807) is 19.1 Å². The maximum Gasteiger partial charge on any atom is 0.328 e. The predicted molar refractivity (Wildman–Crippen MR) is 89.5 cm³/mol.